The first-order valence-corrected chi connectivity index (χ1v) is 9.72. The van der Waals surface area contributed by atoms with E-state index in [1.54, 1.807) is 20.8 Å². The molecule has 3 rings (SSSR count). The van der Waals surface area contributed by atoms with Crippen LogP contribution in [0, 0.1) is 13.8 Å². The SMILES string of the molecule is CCOC(=O)c1sc(C)c2c(=O)n(CC(=O)NCc3ccccc3)c(C)nc12. The fraction of sp³-hybridized carbons (Fsp3) is 0.300. The van der Waals surface area contributed by atoms with Crippen molar-refractivity contribution in [3.8, 4) is 0 Å². The number of aryl methyl sites for hydroxylation is 2. The average Bonchev–Trinajstić information content (AvgIpc) is 3.01. The molecule has 28 heavy (non-hydrogen) atoms. The molecule has 2 aromatic heterocycles. The highest BCUT2D eigenvalue weighted by Crippen LogP contribution is 2.28. The average molecular weight is 399 g/mol. The number of thiophene rings is 1. The Kier molecular flexibility index (Phi) is 5.89. The first kappa shape index (κ1) is 19.8. The maximum Gasteiger partial charge on any atom is 0.350 e. The summed E-state index contributed by atoms with van der Waals surface area (Å²) in [5, 5.41) is 3.16. The standard InChI is InChI=1S/C20H21N3O4S/c1-4-27-20(26)18-17-16(12(2)28-18)19(25)23(13(3)22-17)11-15(24)21-10-14-8-6-5-7-9-14/h5-9H,4,10-11H2,1-3H3,(H,21,24). The number of aromatic nitrogens is 2. The predicted octanol–water partition coefficient (Wildman–Crippen LogP) is 2.57. The molecule has 0 unspecified atom stereocenters. The van der Waals surface area contributed by atoms with Crippen molar-refractivity contribution in [3.05, 3.63) is 61.8 Å². The summed E-state index contributed by atoms with van der Waals surface area (Å²) in [6, 6.07) is 9.53. The van der Waals surface area contributed by atoms with Gasteiger partial charge in [0, 0.05) is 11.4 Å². The predicted molar refractivity (Wildman–Crippen MR) is 108 cm³/mol. The van der Waals surface area contributed by atoms with Gasteiger partial charge in [0.05, 0.1) is 12.0 Å². The number of hydrogen-bond acceptors (Lipinski definition) is 6. The van der Waals surface area contributed by atoms with Crippen molar-refractivity contribution in [3.63, 3.8) is 0 Å². The summed E-state index contributed by atoms with van der Waals surface area (Å²) in [5.74, 6) is -0.403. The number of amides is 1. The fourth-order valence-electron chi connectivity index (χ4n) is 2.91. The van der Waals surface area contributed by atoms with Crippen LogP contribution in [0.5, 0.6) is 0 Å². The molecule has 0 fully saturated rings. The number of carbonyl (C=O) groups excluding carboxylic acids is 2. The smallest absolute Gasteiger partial charge is 0.350 e. The van der Waals surface area contributed by atoms with Gasteiger partial charge in [-0.05, 0) is 26.3 Å². The second kappa shape index (κ2) is 8.35. The first-order chi connectivity index (χ1) is 13.4. The van der Waals surface area contributed by atoms with Gasteiger partial charge in [0.1, 0.15) is 22.8 Å². The van der Waals surface area contributed by atoms with Gasteiger partial charge in [-0.25, -0.2) is 9.78 Å². The highest BCUT2D eigenvalue weighted by Gasteiger charge is 2.22. The molecular weight excluding hydrogens is 378 g/mol. The Balaban J connectivity index is 1.88. The normalized spacial score (nSPS) is 10.8. The summed E-state index contributed by atoms with van der Waals surface area (Å²) in [7, 11) is 0. The maximum absolute atomic E-state index is 13.0. The zero-order chi connectivity index (χ0) is 20.3. The molecule has 1 amide bonds. The summed E-state index contributed by atoms with van der Waals surface area (Å²) in [4.78, 5) is 42.9. The highest BCUT2D eigenvalue weighted by atomic mass is 32.1. The van der Waals surface area contributed by atoms with E-state index in [1.807, 2.05) is 30.3 Å². The first-order valence-electron chi connectivity index (χ1n) is 8.90. The molecule has 2 heterocycles. The van der Waals surface area contributed by atoms with Crippen LogP contribution in [0.1, 0.15) is 32.9 Å². The van der Waals surface area contributed by atoms with Crippen LogP contribution in [0.3, 0.4) is 0 Å². The van der Waals surface area contributed by atoms with E-state index < -0.39 is 5.97 Å². The molecule has 0 aliphatic carbocycles. The quantitative estimate of drug-likeness (QED) is 0.644. The summed E-state index contributed by atoms with van der Waals surface area (Å²) in [5.41, 5.74) is 0.979. The molecule has 0 aliphatic heterocycles. The van der Waals surface area contributed by atoms with Crippen LogP contribution in [0.15, 0.2) is 35.1 Å². The molecule has 3 aromatic rings. The largest absolute Gasteiger partial charge is 0.462 e. The molecule has 7 nitrogen and oxygen atoms in total. The molecule has 1 N–H and O–H groups in total. The Bertz CT molecular complexity index is 1090. The van der Waals surface area contributed by atoms with Gasteiger partial charge < -0.3 is 10.1 Å². The van der Waals surface area contributed by atoms with E-state index in [-0.39, 0.29) is 24.6 Å². The fourth-order valence-corrected chi connectivity index (χ4v) is 3.89. The zero-order valence-corrected chi connectivity index (χ0v) is 16.8. The molecule has 0 atom stereocenters. The Morgan fingerprint density at radius 2 is 1.93 bits per heavy atom. The number of esters is 1. The van der Waals surface area contributed by atoms with Crippen LogP contribution in [-0.4, -0.2) is 28.0 Å². The van der Waals surface area contributed by atoms with Crippen LogP contribution in [-0.2, 0) is 22.6 Å². The van der Waals surface area contributed by atoms with Crippen molar-refractivity contribution in [2.75, 3.05) is 6.61 Å². The molecular formula is C20H21N3O4S. The number of nitrogens with one attached hydrogen (secondary N) is 1. The van der Waals surface area contributed by atoms with Crippen molar-refractivity contribution in [2.24, 2.45) is 0 Å². The lowest BCUT2D eigenvalue weighted by Gasteiger charge is -2.11. The van der Waals surface area contributed by atoms with E-state index in [0.29, 0.717) is 33.0 Å². The Morgan fingerprint density at radius 1 is 1.21 bits per heavy atom. The number of ether oxygens (including phenoxy) is 1. The second-order valence-electron chi connectivity index (χ2n) is 6.24. The third-order valence-corrected chi connectivity index (χ3v) is 5.35. The minimum atomic E-state index is -0.491. The zero-order valence-electron chi connectivity index (χ0n) is 15.9. The van der Waals surface area contributed by atoms with Gasteiger partial charge in [0.15, 0.2) is 0 Å². The third-order valence-electron chi connectivity index (χ3n) is 4.28. The van der Waals surface area contributed by atoms with Gasteiger partial charge in [-0.15, -0.1) is 11.3 Å². The third kappa shape index (κ3) is 3.96. The van der Waals surface area contributed by atoms with E-state index >= 15 is 0 Å². The monoisotopic (exact) mass is 399 g/mol. The molecule has 146 valence electrons. The van der Waals surface area contributed by atoms with Gasteiger partial charge >= 0.3 is 5.97 Å². The maximum atomic E-state index is 13.0. The van der Waals surface area contributed by atoms with Gasteiger partial charge in [-0.3, -0.25) is 14.2 Å². The van der Waals surface area contributed by atoms with Crippen LogP contribution in [0.2, 0.25) is 0 Å². The van der Waals surface area contributed by atoms with Crippen LogP contribution >= 0.6 is 11.3 Å². The van der Waals surface area contributed by atoms with Gasteiger partial charge in [-0.1, -0.05) is 30.3 Å². The van der Waals surface area contributed by atoms with Gasteiger partial charge in [0.25, 0.3) is 5.56 Å². The lowest BCUT2D eigenvalue weighted by atomic mass is 10.2. The van der Waals surface area contributed by atoms with E-state index in [1.165, 1.54) is 15.9 Å². The summed E-state index contributed by atoms with van der Waals surface area (Å²) in [6.07, 6.45) is 0. The number of fused-ring (bicyclic) bond motifs is 1. The van der Waals surface area contributed by atoms with Crippen LogP contribution < -0.4 is 10.9 Å². The van der Waals surface area contributed by atoms with E-state index in [2.05, 4.69) is 10.3 Å². The molecule has 8 heteroatoms. The lowest BCUT2D eigenvalue weighted by molar-refractivity contribution is -0.121. The minimum absolute atomic E-state index is 0.134. The number of nitrogens with zero attached hydrogens (tertiary/aromatic N) is 2. The number of benzene rings is 1. The molecule has 1 aromatic carbocycles. The summed E-state index contributed by atoms with van der Waals surface area (Å²) in [6.45, 7) is 5.62. The van der Waals surface area contributed by atoms with Crippen molar-refractivity contribution in [1.82, 2.24) is 14.9 Å². The highest BCUT2D eigenvalue weighted by molar-refractivity contribution is 7.15. The van der Waals surface area contributed by atoms with Crippen molar-refractivity contribution >= 4 is 34.1 Å². The Morgan fingerprint density at radius 3 is 2.61 bits per heavy atom. The number of carbonyl (C=O) groups is 2. The van der Waals surface area contributed by atoms with Gasteiger partial charge in [0.2, 0.25) is 5.91 Å². The summed E-state index contributed by atoms with van der Waals surface area (Å²) >= 11 is 1.18. The van der Waals surface area contributed by atoms with Crippen molar-refractivity contribution < 1.29 is 14.3 Å². The van der Waals surface area contributed by atoms with Gasteiger partial charge in [-0.2, -0.15) is 0 Å². The molecule has 0 spiro atoms. The van der Waals surface area contributed by atoms with E-state index in [4.69, 9.17) is 4.74 Å². The Labute approximate surface area is 166 Å². The Hall–Kier alpha value is -3.00. The number of rotatable bonds is 6. The molecule has 0 aliphatic rings. The van der Waals surface area contributed by atoms with Crippen molar-refractivity contribution in [1.29, 1.82) is 0 Å². The number of hydrogen-bond donors (Lipinski definition) is 1. The molecule has 0 bridgehead atoms. The van der Waals surface area contributed by atoms with E-state index in [9.17, 15) is 14.4 Å². The van der Waals surface area contributed by atoms with Crippen LogP contribution in [0.25, 0.3) is 10.9 Å². The topological polar surface area (TPSA) is 90.3 Å². The molecule has 0 saturated carbocycles. The van der Waals surface area contributed by atoms with E-state index in [0.717, 1.165) is 5.56 Å². The molecule has 0 radical (unpaired) electrons. The second-order valence-corrected chi connectivity index (χ2v) is 7.47. The molecule has 0 saturated heterocycles. The van der Waals surface area contributed by atoms with Crippen LogP contribution in [0.4, 0.5) is 0 Å². The van der Waals surface area contributed by atoms with Crippen molar-refractivity contribution in [2.45, 2.75) is 33.9 Å². The summed E-state index contributed by atoms with van der Waals surface area (Å²) < 4.78 is 6.39. The minimum Gasteiger partial charge on any atom is -0.462 e. The lowest BCUT2D eigenvalue weighted by Crippen LogP contribution is -2.33.